The van der Waals surface area contributed by atoms with Gasteiger partial charge in [0.15, 0.2) is 0 Å². The summed E-state index contributed by atoms with van der Waals surface area (Å²) in [4.78, 5) is 20.9. The van der Waals surface area contributed by atoms with Crippen LogP contribution in [0.15, 0.2) is 0 Å². The van der Waals surface area contributed by atoms with E-state index in [2.05, 4.69) is 0 Å². The Balaban J connectivity index is 0. The van der Waals surface area contributed by atoms with E-state index in [4.69, 9.17) is 0 Å². The van der Waals surface area contributed by atoms with Crippen LogP contribution in [-0.4, -0.2) is 11.6 Å². The second-order valence-electron chi connectivity index (χ2n) is 2.17. The van der Waals surface area contributed by atoms with Crippen LogP contribution < -0.4 is 0 Å². The van der Waals surface area contributed by atoms with Crippen LogP contribution >= 0.6 is 0 Å². The third-order valence-corrected chi connectivity index (χ3v) is 0.975. The van der Waals surface area contributed by atoms with Crippen LogP contribution in [0.25, 0.3) is 0 Å². The molecule has 55 valence electrons. The molecule has 0 aliphatic carbocycles. The smallest absolute Gasteiger partial charge is 0.300 e. The van der Waals surface area contributed by atoms with E-state index < -0.39 is 0 Å². The van der Waals surface area contributed by atoms with Crippen LogP contribution in [0, 0.1) is 0 Å². The van der Waals surface area contributed by atoms with Gasteiger partial charge in [0.2, 0.25) is 0 Å². The van der Waals surface area contributed by atoms with Crippen molar-refractivity contribution in [3.05, 3.63) is 0 Å². The summed E-state index contributed by atoms with van der Waals surface area (Å²) in [6.45, 7) is 3.37. The van der Waals surface area contributed by atoms with Crippen molar-refractivity contribution < 1.29 is 27.0 Å². The van der Waals surface area contributed by atoms with Crippen LogP contribution in [0.2, 0.25) is 0 Å². The van der Waals surface area contributed by atoms with Crippen molar-refractivity contribution in [2.75, 3.05) is 0 Å². The molecule has 0 aromatic rings. The molecule has 0 unspecified atom stereocenters. The van der Waals surface area contributed by atoms with Gasteiger partial charge in [0.05, 0.1) is 6.42 Å². The molecule has 0 aliphatic rings. The quantitative estimate of drug-likeness (QED) is 0.611. The number of carbonyl (C=O) groups is 2. The van der Waals surface area contributed by atoms with Gasteiger partial charge in [-0.15, -0.1) is 0 Å². The molecule has 0 saturated heterocycles. The largest absolute Gasteiger partial charge is 3.00 e. The minimum absolute atomic E-state index is 0. The van der Waals surface area contributed by atoms with E-state index in [0.717, 1.165) is 6.42 Å². The molecule has 0 spiro atoms. The summed E-state index contributed by atoms with van der Waals surface area (Å²) >= 11 is 0. The number of carbonyl (C=O) groups excluding carboxylic acids is 2. The summed E-state index contributed by atoms with van der Waals surface area (Å²) in [6.07, 6.45) is 1.50. The molecule has 10 heavy (non-hydrogen) atoms. The Morgan fingerprint density at radius 2 is 1.80 bits per heavy atom. The fraction of sp³-hybridized carbons (Fsp3) is 0.714. The molecule has 0 bridgehead atoms. The minimum atomic E-state index is -0.0338. The van der Waals surface area contributed by atoms with Gasteiger partial charge in [0.25, 0.3) is 0 Å². The fourth-order valence-corrected chi connectivity index (χ4v) is 0.645. The van der Waals surface area contributed by atoms with Crippen molar-refractivity contribution in [2.24, 2.45) is 0 Å². The molecule has 0 atom stereocenters. The second kappa shape index (κ2) is 6.99. The van der Waals surface area contributed by atoms with Crippen molar-refractivity contribution in [3.63, 3.8) is 0 Å². The topological polar surface area (TPSA) is 34.1 Å². The van der Waals surface area contributed by atoms with E-state index in [1.807, 2.05) is 6.92 Å². The number of ketones is 2. The maximum absolute atomic E-state index is 10.6. The van der Waals surface area contributed by atoms with Gasteiger partial charge >= 0.3 is 17.4 Å². The number of hydrogen-bond acceptors (Lipinski definition) is 2. The van der Waals surface area contributed by atoms with Crippen LogP contribution in [0.4, 0.5) is 0 Å². The summed E-state index contributed by atoms with van der Waals surface area (Å²) in [5.41, 5.74) is 0. The maximum Gasteiger partial charge on any atom is 3.00 e. The Morgan fingerprint density at radius 3 is 2.10 bits per heavy atom. The van der Waals surface area contributed by atoms with Gasteiger partial charge < -0.3 is 0 Å². The van der Waals surface area contributed by atoms with Crippen LogP contribution in [-0.2, 0) is 27.0 Å². The molecular formula is C7H12CrO2+3. The molecule has 0 saturated carbocycles. The minimum Gasteiger partial charge on any atom is -0.300 e. The summed E-state index contributed by atoms with van der Waals surface area (Å²) in [7, 11) is 0. The molecule has 0 fully saturated rings. The van der Waals surface area contributed by atoms with E-state index in [-0.39, 0.29) is 35.3 Å². The molecule has 1 radical (unpaired) electrons. The normalized spacial score (nSPS) is 8.20. The summed E-state index contributed by atoms with van der Waals surface area (Å²) in [5, 5.41) is 0. The Labute approximate surface area is 72.1 Å². The van der Waals surface area contributed by atoms with Crippen LogP contribution in [0.3, 0.4) is 0 Å². The van der Waals surface area contributed by atoms with E-state index in [1.165, 1.54) is 6.92 Å². The average Bonchev–Trinajstić information content (AvgIpc) is 1.63. The molecule has 0 amide bonds. The molecule has 3 heteroatoms. The maximum atomic E-state index is 10.6. The van der Waals surface area contributed by atoms with Gasteiger partial charge in [-0.25, -0.2) is 0 Å². The number of rotatable bonds is 4. The molecule has 0 aromatic heterocycles. The molecule has 0 heterocycles. The third kappa shape index (κ3) is 7.87. The summed E-state index contributed by atoms with van der Waals surface area (Å²) in [6, 6.07) is 0. The molecule has 2 nitrogen and oxygen atoms in total. The Kier molecular flexibility index (Phi) is 8.76. The molecular weight excluding hydrogens is 168 g/mol. The summed E-state index contributed by atoms with van der Waals surface area (Å²) in [5.74, 6) is 0.0263. The number of Topliss-reactive ketones (excluding diaryl/α,β-unsaturated/α-hetero) is 2. The zero-order valence-corrected chi connectivity index (χ0v) is 7.62. The standard InChI is InChI=1S/C7H12O2.Cr/c1-3-4-7(9)5-6(2)8;/h3-5H2,1-2H3;/q;+3. The van der Waals surface area contributed by atoms with Gasteiger partial charge in [0.1, 0.15) is 11.6 Å². The van der Waals surface area contributed by atoms with Crippen molar-refractivity contribution >= 4 is 11.6 Å². The fourth-order valence-electron chi connectivity index (χ4n) is 0.645. The Bertz CT molecular complexity index is 121. The molecule has 0 rings (SSSR count). The number of hydrogen-bond donors (Lipinski definition) is 0. The zero-order chi connectivity index (χ0) is 7.28. The van der Waals surface area contributed by atoms with Crippen molar-refractivity contribution in [1.29, 1.82) is 0 Å². The predicted molar refractivity (Wildman–Crippen MR) is 35.2 cm³/mol. The van der Waals surface area contributed by atoms with Gasteiger partial charge in [-0.3, -0.25) is 9.59 Å². The SMILES string of the molecule is CCCC(=O)CC(C)=O.[Cr+3]. The first-order chi connectivity index (χ1) is 4.16. The van der Waals surface area contributed by atoms with E-state index in [9.17, 15) is 9.59 Å². The second-order valence-corrected chi connectivity index (χ2v) is 2.17. The van der Waals surface area contributed by atoms with E-state index in [1.54, 1.807) is 0 Å². The van der Waals surface area contributed by atoms with Gasteiger partial charge in [-0.2, -0.15) is 0 Å². The van der Waals surface area contributed by atoms with Crippen molar-refractivity contribution in [1.82, 2.24) is 0 Å². The molecule has 0 aromatic carbocycles. The van der Waals surface area contributed by atoms with Gasteiger partial charge in [-0.1, -0.05) is 6.92 Å². The zero-order valence-electron chi connectivity index (χ0n) is 6.35. The average molecular weight is 180 g/mol. The Morgan fingerprint density at radius 1 is 1.30 bits per heavy atom. The molecule has 0 N–H and O–H groups in total. The first-order valence-electron chi connectivity index (χ1n) is 3.18. The van der Waals surface area contributed by atoms with Crippen LogP contribution in [0.1, 0.15) is 33.1 Å². The van der Waals surface area contributed by atoms with Crippen molar-refractivity contribution in [3.8, 4) is 0 Å². The predicted octanol–water partition coefficient (Wildman–Crippen LogP) is 1.33. The van der Waals surface area contributed by atoms with Crippen LogP contribution in [0.5, 0.6) is 0 Å². The van der Waals surface area contributed by atoms with E-state index >= 15 is 0 Å². The first-order valence-corrected chi connectivity index (χ1v) is 3.18. The third-order valence-electron chi connectivity index (χ3n) is 0.975. The monoisotopic (exact) mass is 180 g/mol. The van der Waals surface area contributed by atoms with Crippen molar-refractivity contribution in [2.45, 2.75) is 33.1 Å². The van der Waals surface area contributed by atoms with Gasteiger partial charge in [0, 0.05) is 6.42 Å². The molecule has 0 aliphatic heterocycles. The summed E-state index contributed by atoms with van der Waals surface area (Å²) < 4.78 is 0. The Hall–Kier alpha value is -0.128. The first kappa shape index (κ1) is 12.5. The van der Waals surface area contributed by atoms with Gasteiger partial charge in [-0.05, 0) is 13.3 Å². The van der Waals surface area contributed by atoms with E-state index in [0.29, 0.717) is 6.42 Å².